The number of fused-ring (bicyclic) bond motifs is 1. The molecule has 0 aliphatic carbocycles. The van der Waals surface area contributed by atoms with E-state index in [4.69, 9.17) is 4.74 Å². The molecule has 26 heavy (non-hydrogen) atoms. The first-order valence-electron chi connectivity index (χ1n) is 8.92. The van der Waals surface area contributed by atoms with E-state index in [1.54, 1.807) is 6.92 Å². The summed E-state index contributed by atoms with van der Waals surface area (Å²) in [5, 5.41) is 3.58. The van der Waals surface area contributed by atoms with Crippen LogP contribution in [0.3, 0.4) is 0 Å². The molecule has 1 aliphatic heterocycles. The first-order valence-corrected chi connectivity index (χ1v) is 9.74. The summed E-state index contributed by atoms with van der Waals surface area (Å²) in [4.78, 5) is 27.9. The van der Waals surface area contributed by atoms with Gasteiger partial charge in [-0.05, 0) is 38.0 Å². The third kappa shape index (κ3) is 3.66. The predicted molar refractivity (Wildman–Crippen MR) is 103 cm³/mol. The minimum absolute atomic E-state index is 0.184. The van der Waals surface area contributed by atoms with E-state index in [0.717, 1.165) is 41.1 Å². The van der Waals surface area contributed by atoms with Gasteiger partial charge in [-0.2, -0.15) is 0 Å². The number of likely N-dealkylation sites (N-methyl/N-ethyl adjacent to an activating group) is 1. The van der Waals surface area contributed by atoms with Crippen LogP contribution in [-0.4, -0.2) is 32.1 Å². The van der Waals surface area contributed by atoms with Crippen LogP contribution in [0.2, 0.25) is 0 Å². The number of rotatable bonds is 4. The summed E-state index contributed by atoms with van der Waals surface area (Å²) in [5.74, 6) is -0.531. The summed E-state index contributed by atoms with van der Waals surface area (Å²) in [5.41, 5.74) is 4.15. The van der Waals surface area contributed by atoms with Gasteiger partial charge in [0.15, 0.2) is 0 Å². The Morgan fingerprint density at radius 2 is 2.08 bits per heavy atom. The minimum atomic E-state index is -0.346. The molecule has 1 aromatic heterocycles. The van der Waals surface area contributed by atoms with Gasteiger partial charge in [0.1, 0.15) is 11.5 Å². The number of carbonyl (C=O) groups excluding carboxylic acids is 2. The number of amides is 1. The highest BCUT2D eigenvalue weighted by Gasteiger charge is 2.30. The molecule has 0 radical (unpaired) electrons. The smallest absolute Gasteiger partial charge is 0.341 e. The van der Waals surface area contributed by atoms with Crippen molar-refractivity contribution < 1.29 is 19.2 Å². The van der Waals surface area contributed by atoms with Crippen LogP contribution in [0.25, 0.3) is 0 Å². The molecule has 5 nitrogen and oxygen atoms in total. The van der Waals surface area contributed by atoms with E-state index in [9.17, 15) is 9.59 Å². The highest BCUT2D eigenvalue weighted by atomic mass is 32.1. The summed E-state index contributed by atoms with van der Waals surface area (Å²) in [7, 11) is 2.14. The maximum Gasteiger partial charge on any atom is 0.341 e. The highest BCUT2D eigenvalue weighted by Crippen LogP contribution is 2.35. The molecule has 1 atom stereocenters. The van der Waals surface area contributed by atoms with Gasteiger partial charge in [0.05, 0.1) is 30.6 Å². The summed E-state index contributed by atoms with van der Waals surface area (Å²) in [6.45, 7) is 7.83. The van der Waals surface area contributed by atoms with Crippen LogP contribution in [-0.2, 0) is 17.7 Å². The third-order valence-corrected chi connectivity index (χ3v) is 5.85. The predicted octanol–water partition coefficient (Wildman–Crippen LogP) is 2.36. The Morgan fingerprint density at radius 3 is 2.81 bits per heavy atom. The SMILES string of the molecule is CCOC(=O)c1c(NC(=O)c2cc(C)ccc2C)sc2c1CC[NH+](C)C2. The fourth-order valence-electron chi connectivity index (χ4n) is 3.28. The van der Waals surface area contributed by atoms with Crippen molar-refractivity contribution in [3.63, 3.8) is 0 Å². The van der Waals surface area contributed by atoms with E-state index >= 15 is 0 Å². The normalized spacial score (nSPS) is 16.1. The van der Waals surface area contributed by atoms with Gasteiger partial charge in [-0.25, -0.2) is 4.79 Å². The van der Waals surface area contributed by atoms with E-state index in [2.05, 4.69) is 12.4 Å². The van der Waals surface area contributed by atoms with Crippen molar-refractivity contribution in [2.45, 2.75) is 33.7 Å². The lowest BCUT2D eigenvalue weighted by molar-refractivity contribution is -0.895. The second-order valence-electron chi connectivity index (χ2n) is 6.83. The van der Waals surface area contributed by atoms with Crippen molar-refractivity contribution in [1.82, 2.24) is 0 Å². The fourth-order valence-corrected chi connectivity index (χ4v) is 4.62. The number of thiophene rings is 1. The Balaban J connectivity index is 1.97. The molecule has 1 unspecified atom stereocenters. The third-order valence-electron chi connectivity index (χ3n) is 4.70. The molecule has 0 spiro atoms. The van der Waals surface area contributed by atoms with Gasteiger partial charge in [-0.1, -0.05) is 17.7 Å². The van der Waals surface area contributed by atoms with Crippen molar-refractivity contribution in [1.29, 1.82) is 0 Å². The molecule has 0 fully saturated rings. The van der Waals surface area contributed by atoms with Crippen molar-refractivity contribution >= 4 is 28.2 Å². The van der Waals surface area contributed by atoms with Crippen molar-refractivity contribution in [2.75, 3.05) is 25.5 Å². The number of esters is 1. The first kappa shape index (κ1) is 18.6. The Labute approximate surface area is 158 Å². The number of hydrogen-bond acceptors (Lipinski definition) is 4. The van der Waals surface area contributed by atoms with Crippen LogP contribution < -0.4 is 10.2 Å². The molecule has 0 saturated heterocycles. The van der Waals surface area contributed by atoms with Crippen molar-refractivity contribution in [2.24, 2.45) is 0 Å². The summed E-state index contributed by atoms with van der Waals surface area (Å²) in [6, 6.07) is 5.80. The zero-order chi connectivity index (χ0) is 18.8. The lowest BCUT2D eigenvalue weighted by Crippen LogP contribution is -3.08. The quantitative estimate of drug-likeness (QED) is 0.809. The average molecular weight is 373 g/mol. The molecule has 1 aliphatic rings. The molecular formula is C20H25N2O3S+. The van der Waals surface area contributed by atoms with Crippen LogP contribution in [0.5, 0.6) is 0 Å². The van der Waals surface area contributed by atoms with Crippen LogP contribution in [0.4, 0.5) is 5.00 Å². The second kappa shape index (κ2) is 7.60. The molecule has 1 aromatic carbocycles. The number of aryl methyl sites for hydroxylation is 2. The average Bonchev–Trinajstić information content (AvgIpc) is 2.94. The van der Waals surface area contributed by atoms with Crippen molar-refractivity contribution in [3.05, 3.63) is 50.9 Å². The van der Waals surface area contributed by atoms with E-state index in [1.165, 1.54) is 16.2 Å². The van der Waals surface area contributed by atoms with Gasteiger partial charge in [0.25, 0.3) is 5.91 Å². The van der Waals surface area contributed by atoms with Gasteiger partial charge < -0.3 is 15.0 Å². The highest BCUT2D eigenvalue weighted by molar-refractivity contribution is 7.17. The number of benzene rings is 1. The molecule has 1 amide bonds. The summed E-state index contributed by atoms with van der Waals surface area (Å²) < 4.78 is 5.26. The van der Waals surface area contributed by atoms with E-state index < -0.39 is 0 Å². The standard InChI is InChI=1S/C20H24N2O3S/c1-5-25-20(24)17-14-8-9-22(4)11-16(14)26-19(17)21-18(23)15-10-12(2)6-7-13(15)3/h6-7,10H,5,8-9,11H2,1-4H3,(H,21,23)/p+1. The topological polar surface area (TPSA) is 59.8 Å². The maximum absolute atomic E-state index is 12.8. The van der Waals surface area contributed by atoms with Gasteiger partial charge in [0.2, 0.25) is 0 Å². The number of hydrogen-bond donors (Lipinski definition) is 2. The number of quaternary nitrogens is 1. The molecule has 3 rings (SSSR count). The number of nitrogens with one attached hydrogen (secondary N) is 2. The number of ether oxygens (including phenoxy) is 1. The largest absolute Gasteiger partial charge is 0.462 e. The van der Waals surface area contributed by atoms with Gasteiger partial charge in [-0.15, -0.1) is 11.3 Å². The maximum atomic E-state index is 12.8. The Bertz CT molecular complexity index is 857. The monoisotopic (exact) mass is 373 g/mol. The van der Waals surface area contributed by atoms with E-state index in [0.29, 0.717) is 22.7 Å². The van der Waals surface area contributed by atoms with E-state index in [-0.39, 0.29) is 11.9 Å². The lowest BCUT2D eigenvalue weighted by atomic mass is 10.0. The van der Waals surface area contributed by atoms with Gasteiger partial charge >= 0.3 is 5.97 Å². The fraction of sp³-hybridized carbons (Fsp3) is 0.400. The Morgan fingerprint density at radius 1 is 1.31 bits per heavy atom. The van der Waals surface area contributed by atoms with Crippen LogP contribution in [0.15, 0.2) is 18.2 Å². The molecule has 138 valence electrons. The molecular weight excluding hydrogens is 348 g/mol. The first-order chi connectivity index (χ1) is 12.4. The lowest BCUT2D eigenvalue weighted by Gasteiger charge is -2.19. The van der Waals surface area contributed by atoms with E-state index in [1.807, 2.05) is 32.0 Å². The van der Waals surface area contributed by atoms with Gasteiger partial charge in [-0.3, -0.25) is 4.79 Å². The van der Waals surface area contributed by atoms with Crippen molar-refractivity contribution in [3.8, 4) is 0 Å². The second-order valence-corrected chi connectivity index (χ2v) is 7.94. The number of anilines is 1. The Kier molecular flexibility index (Phi) is 5.44. The zero-order valence-corrected chi connectivity index (χ0v) is 16.5. The minimum Gasteiger partial charge on any atom is -0.462 e. The van der Waals surface area contributed by atoms with Crippen LogP contribution >= 0.6 is 11.3 Å². The Hall–Kier alpha value is -2.18. The molecule has 0 bridgehead atoms. The molecule has 2 N–H and O–H groups in total. The number of carbonyl (C=O) groups is 2. The molecule has 6 heteroatoms. The molecule has 0 saturated carbocycles. The summed E-state index contributed by atoms with van der Waals surface area (Å²) >= 11 is 1.50. The van der Waals surface area contributed by atoms with Crippen LogP contribution in [0.1, 0.15) is 49.2 Å². The molecule has 2 heterocycles. The van der Waals surface area contributed by atoms with Crippen LogP contribution in [0, 0.1) is 13.8 Å². The zero-order valence-electron chi connectivity index (χ0n) is 15.7. The van der Waals surface area contributed by atoms with Gasteiger partial charge in [0, 0.05) is 12.0 Å². The summed E-state index contributed by atoms with van der Waals surface area (Å²) in [6.07, 6.45) is 0.825. The molecule has 2 aromatic rings.